The molecule has 6 heterocycles. The number of aromatic amines is 1. The van der Waals surface area contributed by atoms with Crippen LogP contribution in [0.1, 0.15) is 40.9 Å². The van der Waals surface area contributed by atoms with Gasteiger partial charge >= 0.3 is 5.97 Å². The van der Waals surface area contributed by atoms with Crippen LogP contribution in [0.4, 0.5) is 0 Å². The van der Waals surface area contributed by atoms with Crippen LogP contribution in [0.15, 0.2) is 170 Å². The minimum atomic E-state index is -1.03. The van der Waals surface area contributed by atoms with E-state index < -0.39 is 17.4 Å². The molecule has 10 rings (SSSR count). The van der Waals surface area contributed by atoms with Crippen molar-refractivity contribution in [2.45, 2.75) is 24.8 Å². The summed E-state index contributed by atoms with van der Waals surface area (Å²) in [5.41, 5.74) is 26.1. The number of benzene rings is 4. The first-order valence-corrected chi connectivity index (χ1v) is 22.4. The molecule has 6 N–H and O–H groups in total. The highest BCUT2D eigenvalue weighted by atomic mass is 16.5. The highest BCUT2D eigenvalue weighted by Gasteiger charge is 2.31. The molecule has 0 bridgehead atoms. The third-order valence-corrected chi connectivity index (χ3v) is 12.4. The number of nitrogens with two attached hydrogens (primary N) is 2. The number of carbonyl (C=O) groups is 1. The maximum Gasteiger partial charge on any atom is 0.319 e. The van der Waals surface area contributed by atoms with E-state index in [2.05, 4.69) is 44.7 Å². The van der Waals surface area contributed by atoms with E-state index in [0.29, 0.717) is 34.7 Å². The number of rotatable bonds is 14. The minimum absolute atomic E-state index is 0.0636. The SMILES string of the molecule is CCOC(=O)C(c1ccncc1)c1nccc2nc(-c3ccc(C(N)(CN)c4ccc(-c5nc6ccnc(-c7n[nH]nc7CCO)c6cc5-c5ccccc5)cc4)cc3)c(-c3ccccc3)cc12. The Balaban J connectivity index is 1.02. The molecule has 0 saturated heterocycles. The van der Waals surface area contributed by atoms with E-state index in [4.69, 9.17) is 36.1 Å². The minimum Gasteiger partial charge on any atom is -0.465 e. The van der Waals surface area contributed by atoms with Gasteiger partial charge in [-0.15, -0.1) is 0 Å². The summed E-state index contributed by atoms with van der Waals surface area (Å²) >= 11 is 0. The number of hydrogen-bond acceptors (Lipinski definition) is 12. The second kappa shape index (κ2) is 18.9. The van der Waals surface area contributed by atoms with Gasteiger partial charge in [0.05, 0.1) is 46.0 Å². The van der Waals surface area contributed by atoms with Crippen LogP contribution >= 0.6 is 0 Å². The molecule has 6 aromatic heterocycles. The molecule has 10 aromatic rings. The number of nitrogens with zero attached hydrogens (tertiary/aromatic N) is 7. The summed E-state index contributed by atoms with van der Waals surface area (Å²) in [6.07, 6.45) is 7.07. The smallest absolute Gasteiger partial charge is 0.319 e. The van der Waals surface area contributed by atoms with E-state index in [1.165, 1.54) is 0 Å². The van der Waals surface area contributed by atoms with Crippen LogP contribution in [0.2, 0.25) is 0 Å². The van der Waals surface area contributed by atoms with E-state index in [9.17, 15) is 9.90 Å². The lowest BCUT2D eigenvalue weighted by Gasteiger charge is -2.30. The Morgan fingerprint density at radius 1 is 0.647 bits per heavy atom. The number of nitrogens with one attached hydrogen (secondary N) is 1. The molecule has 13 heteroatoms. The number of aliphatic hydroxyl groups excluding tert-OH is 1. The number of aromatic nitrogens is 8. The van der Waals surface area contributed by atoms with Gasteiger partial charge in [0.15, 0.2) is 0 Å². The molecule has 4 aromatic carbocycles. The number of pyridine rings is 5. The summed E-state index contributed by atoms with van der Waals surface area (Å²) in [5.74, 6) is -1.18. The van der Waals surface area contributed by atoms with E-state index in [-0.39, 0.29) is 19.8 Å². The summed E-state index contributed by atoms with van der Waals surface area (Å²) in [4.78, 5) is 37.7. The predicted molar refractivity (Wildman–Crippen MR) is 264 cm³/mol. The van der Waals surface area contributed by atoms with Gasteiger partial charge in [-0.05, 0) is 71.1 Å². The first-order valence-electron chi connectivity index (χ1n) is 22.4. The first-order chi connectivity index (χ1) is 33.4. The van der Waals surface area contributed by atoms with Gasteiger partial charge in [-0.2, -0.15) is 15.4 Å². The first kappa shape index (κ1) is 43.5. The largest absolute Gasteiger partial charge is 0.465 e. The van der Waals surface area contributed by atoms with Crippen molar-refractivity contribution in [3.05, 3.63) is 198 Å². The van der Waals surface area contributed by atoms with Crippen molar-refractivity contribution < 1.29 is 14.6 Å². The Bertz CT molecular complexity index is 3390. The second-order valence-electron chi connectivity index (χ2n) is 16.4. The van der Waals surface area contributed by atoms with Crippen LogP contribution in [0.25, 0.3) is 78.0 Å². The second-order valence-corrected chi connectivity index (χ2v) is 16.4. The maximum absolute atomic E-state index is 13.6. The lowest BCUT2D eigenvalue weighted by atomic mass is 9.82. The zero-order valence-electron chi connectivity index (χ0n) is 37.1. The standard InChI is InChI=1S/C55H46N10O3/c1-2-68-54(67)48(36-21-26-58-27-22-36)51-43-31-41(34-9-5-3-6-10-34)49(61-45(43)23-28-59-51)37-13-17-39(18-14-37)55(57,33-56)40-19-15-38(16-20-40)50-42(35-11-7-4-8-12-35)32-44-46(62-50)24-29-60-52(44)53-47(25-30-66)63-65-64-53/h3-24,26-29,31-32,48,66H,2,25,30,33,56-57H2,1H3,(H,63,64,65). The average Bonchev–Trinajstić information content (AvgIpc) is 3.86. The number of esters is 1. The van der Waals surface area contributed by atoms with Gasteiger partial charge < -0.3 is 21.3 Å². The van der Waals surface area contributed by atoms with Crippen molar-refractivity contribution >= 4 is 27.8 Å². The van der Waals surface area contributed by atoms with Crippen molar-refractivity contribution in [3.63, 3.8) is 0 Å². The molecular formula is C55H46N10O3. The zero-order chi connectivity index (χ0) is 46.6. The summed E-state index contributed by atoms with van der Waals surface area (Å²) in [7, 11) is 0. The van der Waals surface area contributed by atoms with Gasteiger partial charge in [0.25, 0.3) is 0 Å². The summed E-state index contributed by atoms with van der Waals surface area (Å²) < 4.78 is 5.58. The fourth-order valence-corrected chi connectivity index (χ4v) is 8.91. The van der Waals surface area contributed by atoms with Crippen LogP contribution in [0, 0.1) is 0 Å². The third-order valence-electron chi connectivity index (χ3n) is 12.4. The van der Waals surface area contributed by atoms with Crippen molar-refractivity contribution in [2.24, 2.45) is 11.5 Å². The highest BCUT2D eigenvalue weighted by Crippen LogP contribution is 2.40. The van der Waals surface area contributed by atoms with Gasteiger partial charge in [0.1, 0.15) is 17.3 Å². The van der Waals surface area contributed by atoms with E-state index in [1.54, 1.807) is 31.7 Å². The number of aliphatic hydroxyl groups is 1. The molecule has 0 aliphatic heterocycles. The quantitative estimate of drug-likeness (QED) is 0.0756. The Hall–Kier alpha value is -8.36. The number of hydrogen-bond donors (Lipinski definition) is 4. The summed E-state index contributed by atoms with van der Waals surface area (Å²) in [5, 5.41) is 22.6. The summed E-state index contributed by atoms with van der Waals surface area (Å²) in [6.45, 7) is 2.11. The molecule has 0 saturated carbocycles. The number of carbonyl (C=O) groups excluding carboxylic acids is 1. The Kier molecular flexibility index (Phi) is 12.1. The van der Waals surface area contributed by atoms with Crippen LogP contribution in [0.3, 0.4) is 0 Å². The zero-order valence-corrected chi connectivity index (χ0v) is 37.1. The van der Waals surface area contributed by atoms with E-state index in [1.807, 2.05) is 121 Å². The lowest BCUT2D eigenvalue weighted by molar-refractivity contribution is -0.143. The molecule has 0 aliphatic rings. The van der Waals surface area contributed by atoms with Gasteiger partial charge in [0, 0.05) is 77.4 Å². The molecule has 2 unspecified atom stereocenters. The predicted octanol–water partition coefficient (Wildman–Crippen LogP) is 8.81. The fraction of sp³-hybridized carbons (Fsp3) is 0.127. The average molecular weight is 895 g/mol. The number of fused-ring (bicyclic) bond motifs is 2. The Labute approximate surface area is 392 Å². The molecule has 0 fully saturated rings. The van der Waals surface area contributed by atoms with Gasteiger partial charge in [-0.25, -0.2) is 9.97 Å². The van der Waals surface area contributed by atoms with Crippen molar-refractivity contribution in [1.82, 2.24) is 40.3 Å². The van der Waals surface area contributed by atoms with Crippen molar-refractivity contribution in [2.75, 3.05) is 19.8 Å². The van der Waals surface area contributed by atoms with Crippen molar-refractivity contribution in [1.29, 1.82) is 0 Å². The molecule has 0 radical (unpaired) electrons. The fourth-order valence-electron chi connectivity index (χ4n) is 8.91. The number of H-pyrrole nitrogens is 1. The summed E-state index contributed by atoms with van der Waals surface area (Å²) in [6, 6.07) is 47.9. The molecule has 0 spiro atoms. The third kappa shape index (κ3) is 8.15. The molecule has 334 valence electrons. The number of ether oxygens (including phenoxy) is 1. The van der Waals surface area contributed by atoms with E-state index >= 15 is 0 Å². The highest BCUT2D eigenvalue weighted by molar-refractivity contribution is 5.99. The maximum atomic E-state index is 13.6. The van der Waals surface area contributed by atoms with Crippen molar-refractivity contribution in [3.8, 4) is 56.2 Å². The monoisotopic (exact) mass is 894 g/mol. The molecule has 0 aliphatic carbocycles. The van der Waals surface area contributed by atoms with Gasteiger partial charge in [-0.1, -0.05) is 109 Å². The van der Waals surface area contributed by atoms with Gasteiger partial charge in [-0.3, -0.25) is 19.7 Å². The van der Waals surface area contributed by atoms with E-state index in [0.717, 1.165) is 77.7 Å². The molecule has 13 nitrogen and oxygen atoms in total. The topological polar surface area (TPSA) is 205 Å². The molecule has 2 atom stereocenters. The normalized spacial score (nSPS) is 12.8. The van der Waals surface area contributed by atoms with Crippen LogP contribution in [0.5, 0.6) is 0 Å². The Morgan fingerprint density at radius 3 is 1.76 bits per heavy atom. The van der Waals surface area contributed by atoms with Gasteiger partial charge in [0.2, 0.25) is 0 Å². The molecule has 0 amide bonds. The molecular weight excluding hydrogens is 849 g/mol. The van der Waals surface area contributed by atoms with Crippen LogP contribution in [-0.4, -0.2) is 71.2 Å². The van der Waals surface area contributed by atoms with Crippen LogP contribution < -0.4 is 11.5 Å². The lowest BCUT2D eigenvalue weighted by Crippen LogP contribution is -2.45. The molecule has 68 heavy (non-hydrogen) atoms. The Morgan fingerprint density at radius 2 is 1.21 bits per heavy atom. The van der Waals surface area contributed by atoms with Crippen LogP contribution in [-0.2, 0) is 21.5 Å².